The first kappa shape index (κ1) is 17.6. The van der Waals surface area contributed by atoms with Gasteiger partial charge in [0, 0.05) is 24.9 Å². The fourth-order valence-corrected chi connectivity index (χ4v) is 3.36. The van der Waals surface area contributed by atoms with Crippen LogP contribution in [-0.4, -0.2) is 36.8 Å². The van der Waals surface area contributed by atoms with E-state index in [1.807, 2.05) is 0 Å². The van der Waals surface area contributed by atoms with Gasteiger partial charge in [0.15, 0.2) is 16.3 Å². The van der Waals surface area contributed by atoms with E-state index in [0.29, 0.717) is 40.0 Å². The summed E-state index contributed by atoms with van der Waals surface area (Å²) in [4.78, 5) is 18.7. The number of furan rings is 1. The first-order chi connectivity index (χ1) is 13.1. The molecule has 0 N–H and O–H groups in total. The number of benzene rings is 1. The Kier molecular flexibility index (Phi) is 4.61. The van der Waals surface area contributed by atoms with Crippen LogP contribution in [0, 0.1) is 0 Å². The molecule has 1 unspecified atom stereocenters. The van der Waals surface area contributed by atoms with E-state index in [1.165, 1.54) is 0 Å². The molecule has 1 fully saturated rings. The van der Waals surface area contributed by atoms with Crippen LogP contribution in [0.5, 0.6) is 11.5 Å². The van der Waals surface area contributed by atoms with Crippen LogP contribution < -0.4 is 14.4 Å². The van der Waals surface area contributed by atoms with Crippen molar-refractivity contribution >= 4 is 27.5 Å². The fraction of sp³-hybridized carbons (Fsp3) is 0.278. The third-order valence-corrected chi connectivity index (χ3v) is 4.82. The van der Waals surface area contributed by atoms with Crippen molar-refractivity contribution < 1.29 is 23.2 Å². The minimum absolute atomic E-state index is 0.0429. The molecule has 1 amide bonds. The Bertz CT molecular complexity index is 983. The normalized spacial score (nSPS) is 16.8. The van der Waals surface area contributed by atoms with Gasteiger partial charge in [-0.05, 0) is 40.2 Å². The summed E-state index contributed by atoms with van der Waals surface area (Å²) in [5.74, 6) is 2.22. The molecule has 3 heterocycles. The van der Waals surface area contributed by atoms with Gasteiger partial charge in [0.05, 0.1) is 19.9 Å². The third kappa shape index (κ3) is 3.30. The number of nitrogens with zero attached hydrogens (tertiary/aromatic N) is 3. The molecule has 27 heavy (non-hydrogen) atoms. The average Bonchev–Trinajstić information content (AvgIpc) is 3.40. The van der Waals surface area contributed by atoms with Crippen LogP contribution in [0.25, 0.3) is 11.7 Å². The summed E-state index contributed by atoms with van der Waals surface area (Å²) >= 11 is 3.24. The number of rotatable bonds is 5. The van der Waals surface area contributed by atoms with Gasteiger partial charge in [-0.1, -0.05) is 5.16 Å². The number of amides is 1. The van der Waals surface area contributed by atoms with Crippen molar-refractivity contribution in [3.63, 3.8) is 0 Å². The van der Waals surface area contributed by atoms with E-state index in [9.17, 15) is 4.79 Å². The Morgan fingerprint density at radius 1 is 1.22 bits per heavy atom. The van der Waals surface area contributed by atoms with Gasteiger partial charge in [-0.25, -0.2) is 0 Å². The number of halogens is 1. The molecule has 0 bridgehead atoms. The minimum Gasteiger partial charge on any atom is -0.497 e. The van der Waals surface area contributed by atoms with Crippen molar-refractivity contribution in [2.24, 2.45) is 0 Å². The molecule has 0 aliphatic carbocycles. The van der Waals surface area contributed by atoms with Crippen LogP contribution in [0.15, 0.2) is 43.9 Å². The van der Waals surface area contributed by atoms with Crippen LogP contribution >= 0.6 is 15.9 Å². The number of methoxy groups -OCH3 is 2. The maximum absolute atomic E-state index is 12.6. The van der Waals surface area contributed by atoms with E-state index in [4.69, 9.17) is 18.4 Å². The molecule has 2 aromatic heterocycles. The molecular weight excluding hydrogens is 418 g/mol. The summed E-state index contributed by atoms with van der Waals surface area (Å²) in [5.41, 5.74) is 0.656. The zero-order chi connectivity index (χ0) is 19.0. The van der Waals surface area contributed by atoms with Gasteiger partial charge < -0.3 is 23.3 Å². The molecule has 1 atom stereocenters. The smallest absolute Gasteiger partial charge is 0.293 e. The van der Waals surface area contributed by atoms with Crippen LogP contribution in [0.2, 0.25) is 0 Å². The lowest BCUT2D eigenvalue weighted by atomic mass is 10.1. The van der Waals surface area contributed by atoms with Crippen LogP contribution in [0.1, 0.15) is 18.2 Å². The minimum atomic E-state index is -0.190. The molecule has 9 heteroatoms. The van der Waals surface area contributed by atoms with Crippen LogP contribution in [0.3, 0.4) is 0 Å². The molecule has 1 saturated heterocycles. The molecule has 1 aliphatic heterocycles. The quantitative estimate of drug-likeness (QED) is 0.606. The molecule has 1 aromatic carbocycles. The van der Waals surface area contributed by atoms with E-state index in [2.05, 4.69) is 26.1 Å². The summed E-state index contributed by atoms with van der Waals surface area (Å²) in [5, 5.41) is 4.03. The lowest BCUT2D eigenvalue weighted by Gasteiger charge is -2.20. The lowest BCUT2D eigenvalue weighted by Crippen LogP contribution is -2.25. The van der Waals surface area contributed by atoms with Crippen molar-refractivity contribution in [3.05, 3.63) is 40.8 Å². The van der Waals surface area contributed by atoms with Gasteiger partial charge >= 0.3 is 0 Å². The molecule has 8 nitrogen and oxygen atoms in total. The van der Waals surface area contributed by atoms with E-state index >= 15 is 0 Å². The van der Waals surface area contributed by atoms with E-state index in [1.54, 1.807) is 49.5 Å². The van der Waals surface area contributed by atoms with Gasteiger partial charge in [-0.15, -0.1) is 0 Å². The monoisotopic (exact) mass is 433 g/mol. The van der Waals surface area contributed by atoms with Gasteiger partial charge in [-0.3, -0.25) is 4.79 Å². The molecule has 0 radical (unpaired) electrons. The zero-order valence-electron chi connectivity index (χ0n) is 14.6. The highest BCUT2D eigenvalue weighted by Gasteiger charge is 2.36. The van der Waals surface area contributed by atoms with E-state index in [0.717, 1.165) is 0 Å². The standard InChI is InChI=1S/C18H16BrN3O5/c1-24-11-3-4-13(25-2)12(8-11)22-9-10(7-16(22)23)17-20-18(27-21-17)14-5-6-15(19)26-14/h3-6,8,10H,7,9H2,1-2H3. The summed E-state index contributed by atoms with van der Waals surface area (Å²) in [6.07, 6.45) is 0.279. The van der Waals surface area contributed by atoms with Gasteiger partial charge in [-0.2, -0.15) is 4.98 Å². The summed E-state index contributed by atoms with van der Waals surface area (Å²) < 4.78 is 21.9. The number of aromatic nitrogens is 2. The van der Waals surface area contributed by atoms with Gasteiger partial charge in [0.2, 0.25) is 5.91 Å². The van der Waals surface area contributed by atoms with Crippen LogP contribution in [-0.2, 0) is 4.79 Å². The Morgan fingerprint density at radius 3 is 2.78 bits per heavy atom. The SMILES string of the molecule is COc1ccc(OC)c(N2CC(c3noc(-c4ccc(Br)o4)n3)CC2=O)c1. The second-order valence-corrected chi connectivity index (χ2v) is 6.79. The largest absolute Gasteiger partial charge is 0.497 e. The maximum Gasteiger partial charge on any atom is 0.293 e. The average molecular weight is 434 g/mol. The topological polar surface area (TPSA) is 90.8 Å². The molecule has 0 spiro atoms. The Morgan fingerprint density at radius 2 is 2.07 bits per heavy atom. The molecule has 0 saturated carbocycles. The Balaban J connectivity index is 1.59. The number of hydrogen-bond donors (Lipinski definition) is 0. The Labute approximate surface area is 163 Å². The lowest BCUT2D eigenvalue weighted by molar-refractivity contribution is -0.117. The zero-order valence-corrected chi connectivity index (χ0v) is 16.2. The number of carbonyl (C=O) groups excluding carboxylic acids is 1. The van der Waals surface area contributed by atoms with Crippen LogP contribution in [0.4, 0.5) is 5.69 Å². The Hall–Kier alpha value is -2.81. The summed E-state index contributed by atoms with van der Waals surface area (Å²) in [6.45, 7) is 0.420. The second-order valence-electron chi connectivity index (χ2n) is 6.00. The van der Waals surface area contributed by atoms with Gasteiger partial charge in [0.1, 0.15) is 11.5 Å². The van der Waals surface area contributed by atoms with Gasteiger partial charge in [0.25, 0.3) is 5.89 Å². The highest BCUT2D eigenvalue weighted by Crippen LogP contribution is 2.38. The molecule has 140 valence electrons. The first-order valence-electron chi connectivity index (χ1n) is 8.20. The summed E-state index contributed by atoms with van der Waals surface area (Å²) in [7, 11) is 3.14. The maximum atomic E-state index is 12.6. The predicted octanol–water partition coefficient (Wildman–Crippen LogP) is 3.63. The molecule has 3 aromatic rings. The third-order valence-electron chi connectivity index (χ3n) is 4.39. The van der Waals surface area contributed by atoms with E-state index < -0.39 is 0 Å². The first-order valence-corrected chi connectivity index (χ1v) is 9.00. The van der Waals surface area contributed by atoms with E-state index in [-0.39, 0.29) is 24.1 Å². The second kappa shape index (κ2) is 7.07. The van der Waals surface area contributed by atoms with Crippen molar-refractivity contribution in [1.82, 2.24) is 10.1 Å². The molecule has 4 rings (SSSR count). The van der Waals surface area contributed by atoms with Crippen molar-refractivity contribution in [1.29, 1.82) is 0 Å². The van der Waals surface area contributed by atoms with Crippen molar-refractivity contribution in [3.8, 4) is 23.1 Å². The fourth-order valence-electron chi connectivity index (χ4n) is 3.05. The highest BCUT2D eigenvalue weighted by molar-refractivity contribution is 9.10. The number of anilines is 1. The number of hydrogen-bond acceptors (Lipinski definition) is 7. The number of ether oxygens (including phenoxy) is 2. The van der Waals surface area contributed by atoms with Crippen molar-refractivity contribution in [2.75, 3.05) is 25.7 Å². The molecule has 1 aliphatic rings. The summed E-state index contributed by atoms with van der Waals surface area (Å²) in [6, 6.07) is 8.81. The highest BCUT2D eigenvalue weighted by atomic mass is 79.9. The predicted molar refractivity (Wildman–Crippen MR) is 99.0 cm³/mol. The number of carbonyl (C=O) groups is 1. The molecular formula is C18H16BrN3O5. The van der Waals surface area contributed by atoms with Crippen molar-refractivity contribution in [2.45, 2.75) is 12.3 Å².